The van der Waals surface area contributed by atoms with Gasteiger partial charge in [0.25, 0.3) is 0 Å². The molecule has 38 heavy (non-hydrogen) atoms. The number of rotatable bonds is 26. The predicted molar refractivity (Wildman–Crippen MR) is 164 cm³/mol. The van der Waals surface area contributed by atoms with Gasteiger partial charge in [0.1, 0.15) is 6.10 Å². The second-order valence-corrected chi connectivity index (χ2v) is 13.5. The lowest BCUT2D eigenvalue weighted by Crippen LogP contribution is -2.30. The molecule has 0 amide bonds. The van der Waals surface area contributed by atoms with Crippen LogP contribution in [-0.2, 0) is 9.53 Å². The minimum absolute atomic E-state index is 0.0904. The smallest absolute Gasteiger partial charge is 0.309 e. The summed E-state index contributed by atoms with van der Waals surface area (Å²) in [5.74, 6) is 3.31. The molecule has 2 fully saturated rings. The molecule has 3 nitrogen and oxygen atoms in total. The second-order valence-electron chi connectivity index (χ2n) is 13.5. The Kier molecular flexibility index (Phi) is 18.0. The summed E-state index contributed by atoms with van der Waals surface area (Å²) in [6.07, 6.45) is 29.1. The Morgan fingerprint density at radius 1 is 0.684 bits per heavy atom. The van der Waals surface area contributed by atoms with Crippen LogP contribution in [0, 0.1) is 29.6 Å². The van der Waals surface area contributed by atoms with Crippen molar-refractivity contribution in [2.24, 2.45) is 29.6 Å². The first-order valence-electron chi connectivity index (χ1n) is 17.3. The van der Waals surface area contributed by atoms with Gasteiger partial charge in [0.2, 0.25) is 0 Å². The van der Waals surface area contributed by atoms with Gasteiger partial charge in [-0.25, -0.2) is 0 Å². The highest BCUT2D eigenvalue weighted by molar-refractivity contribution is 5.73. The van der Waals surface area contributed by atoms with Crippen LogP contribution in [0.4, 0.5) is 0 Å². The number of carbonyl (C=O) groups is 1. The number of hydrogen-bond donors (Lipinski definition) is 0. The quantitative estimate of drug-likeness (QED) is 0.0818. The molecule has 0 aromatic rings. The van der Waals surface area contributed by atoms with Crippen molar-refractivity contribution in [2.75, 3.05) is 20.6 Å². The molecule has 0 aromatic heterocycles. The summed E-state index contributed by atoms with van der Waals surface area (Å²) < 4.78 is 6.27. The van der Waals surface area contributed by atoms with Gasteiger partial charge in [-0.2, -0.15) is 0 Å². The molecule has 2 aliphatic rings. The van der Waals surface area contributed by atoms with E-state index in [4.69, 9.17) is 4.74 Å². The van der Waals surface area contributed by atoms with Crippen LogP contribution in [0.1, 0.15) is 162 Å². The van der Waals surface area contributed by atoms with Gasteiger partial charge >= 0.3 is 5.97 Å². The Morgan fingerprint density at radius 3 is 1.82 bits per heavy atom. The van der Waals surface area contributed by atoms with Crippen molar-refractivity contribution in [3.8, 4) is 0 Å². The summed E-state index contributed by atoms with van der Waals surface area (Å²) >= 11 is 0. The van der Waals surface area contributed by atoms with Gasteiger partial charge in [0.05, 0.1) is 5.92 Å². The fraction of sp³-hybridized carbons (Fsp3) is 0.971. The molecule has 224 valence electrons. The van der Waals surface area contributed by atoms with Crippen LogP contribution in [0.5, 0.6) is 0 Å². The normalized spacial score (nSPS) is 23.2. The lowest BCUT2D eigenvalue weighted by molar-refractivity contribution is -0.153. The van der Waals surface area contributed by atoms with Crippen molar-refractivity contribution < 1.29 is 9.53 Å². The van der Waals surface area contributed by atoms with Crippen molar-refractivity contribution in [1.82, 2.24) is 4.90 Å². The third-order valence-electron chi connectivity index (χ3n) is 9.59. The largest absolute Gasteiger partial charge is 0.462 e. The maximum atomic E-state index is 13.6. The number of ether oxygens (including phenoxy) is 1. The van der Waals surface area contributed by atoms with Crippen LogP contribution in [-0.4, -0.2) is 37.6 Å². The molecular weight excluding hydrogens is 466 g/mol. The van der Waals surface area contributed by atoms with E-state index >= 15 is 0 Å². The number of esters is 1. The molecule has 0 N–H and O–H groups in total. The molecule has 0 heterocycles. The van der Waals surface area contributed by atoms with E-state index in [0.717, 1.165) is 31.2 Å². The SMILES string of the molecule is CCCCCCCCC(CCCCCCCC)C(CCN(C)C)C(=O)OC1CC1CC1CC1CCCCC. The molecule has 0 spiro atoms. The zero-order chi connectivity index (χ0) is 27.6. The van der Waals surface area contributed by atoms with Crippen molar-refractivity contribution >= 4 is 5.97 Å². The minimum Gasteiger partial charge on any atom is -0.462 e. The summed E-state index contributed by atoms with van der Waals surface area (Å²) in [4.78, 5) is 15.9. The van der Waals surface area contributed by atoms with Crippen LogP contribution >= 0.6 is 0 Å². The zero-order valence-electron chi connectivity index (χ0n) is 26.5. The van der Waals surface area contributed by atoms with Gasteiger partial charge in [-0.3, -0.25) is 4.79 Å². The third-order valence-corrected chi connectivity index (χ3v) is 9.59. The van der Waals surface area contributed by atoms with Crippen molar-refractivity contribution in [3.05, 3.63) is 0 Å². The van der Waals surface area contributed by atoms with Gasteiger partial charge in [0.15, 0.2) is 0 Å². The minimum atomic E-state index is 0.0904. The van der Waals surface area contributed by atoms with Crippen LogP contribution in [0.2, 0.25) is 0 Å². The summed E-state index contributed by atoms with van der Waals surface area (Å²) in [6, 6.07) is 0. The van der Waals surface area contributed by atoms with E-state index in [1.54, 1.807) is 0 Å². The average molecular weight is 534 g/mol. The Bertz CT molecular complexity index is 574. The molecule has 3 heteroatoms. The second kappa shape index (κ2) is 20.3. The molecule has 0 radical (unpaired) electrons. The number of nitrogens with zero attached hydrogens (tertiary/aromatic N) is 1. The van der Waals surface area contributed by atoms with Gasteiger partial charge in [-0.1, -0.05) is 124 Å². The molecule has 0 bridgehead atoms. The first-order chi connectivity index (χ1) is 18.5. The Labute approximate surface area is 238 Å². The maximum absolute atomic E-state index is 13.6. The summed E-state index contributed by atoms with van der Waals surface area (Å²) in [6.45, 7) is 7.86. The van der Waals surface area contributed by atoms with Gasteiger partial charge in [0, 0.05) is 0 Å². The van der Waals surface area contributed by atoms with E-state index < -0.39 is 0 Å². The average Bonchev–Trinajstić information content (AvgIpc) is 3.81. The van der Waals surface area contributed by atoms with E-state index in [1.165, 1.54) is 128 Å². The Morgan fingerprint density at radius 2 is 1.24 bits per heavy atom. The van der Waals surface area contributed by atoms with Crippen LogP contribution in [0.25, 0.3) is 0 Å². The molecule has 2 rings (SSSR count). The number of unbranched alkanes of at least 4 members (excludes halogenated alkanes) is 12. The van der Waals surface area contributed by atoms with Crippen molar-refractivity contribution in [1.29, 1.82) is 0 Å². The fourth-order valence-corrected chi connectivity index (χ4v) is 6.71. The molecule has 2 saturated carbocycles. The van der Waals surface area contributed by atoms with Crippen molar-refractivity contribution in [2.45, 2.75) is 168 Å². The standard InChI is InChI=1S/C35H67NO2/c1-6-9-12-14-16-19-21-29(22-20-17-15-13-10-7-2)33(24-25-36(4)5)35(37)38-34-28-32(34)27-31-26-30(31)23-18-11-8-3/h29-34H,6-28H2,1-5H3. The van der Waals surface area contributed by atoms with Gasteiger partial charge < -0.3 is 9.64 Å². The number of hydrogen-bond acceptors (Lipinski definition) is 3. The molecule has 0 saturated heterocycles. The molecule has 0 aromatic carbocycles. The summed E-state index contributed by atoms with van der Waals surface area (Å²) in [5.41, 5.74) is 0. The van der Waals surface area contributed by atoms with E-state index in [1.807, 2.05) is 0 Å². The van der Waals surface area contributed by atoms with E-state index in [-0.39, 0.29) is 18.0 Å². The topological polar surface area (TPSA) is 29.5 Å². The van der Waals surface area contributed by atoms with Crippen LogP contribution < -0.4 is 0 Å². The highest BCUT2D eigenvalue weighted by Crippen LogP contribution is 2.52. The lowest BCUT2D eigenvalue weighted by atomic mass is 9.81. The third kappa shape index (κ3) is 14.7. The highest BCUT2D eigenvalue weighted by Gasteiger charge is 2.48. The highest BCUT2D eigenvalue weighted by atomic mass is 16.5. The molecule has 0 aliphatic heterocycles. The first-order valence-corrected chi connectivity index (χ1v) is 17.3. The summed E-state index contributed by atoms with van der Waals surface area (Å²) in [5, 5.41) is 0. The molecular formula is C35H67NO2. The first kappa shape index (κ1) is 33.6. The van der Waals surface area contributed by atoms with Gasteiger partial charge in [-0.05, 0) is 82.8 Å². The van der Waals surface area contributed by atoms with Crippen LogP contribution in [0.15, 0.2) is 0 Å². The predicted octanol–water partition coefficient (Wildman–Crippen LogP) is 10.2. The lowest BCUT2D eigenvalue weighted by Gasteiger charge is -2.27. The van der Waals surface area contributed by atoms with Gasteiger partial charge in [-0.15, -0.1) is 0 Å². The maximum Gasteiger partial charge on any atom is 0.309 e. The molecule has 2 aliphatic carbocycles. The fourth-order valence-electron chi connectivity index (χ4n) is 6.71. The molecule has 5 atom stereocenters. The Balaban J connectivity index is 1.85. The van der Waals surface area contributed by atoms with E-state index in [0.29, 0.717) is 11.8 Å². The van der Waals surface area contributed by atoms with Crippen LogP contribution in [0.3, 0.4) is 0 Å². The van der Waals surface area contributed by atoms with E-state index in [2.05, 4.69) is 39.8 Å². The summed E-state index contributed by atoms with van der Waals surface area (Å²) in [7, 11) is 4.28. The monoisotopic (exact) mass is 534 g/mol. The number of carbonyl (C=O) groups excluding carboxylic acids is 1. The zero-order valence-corrected chi connectivity index (χ0v) is 26.5. The van der Waals surface area contributed by atoms with E-state index in [9.17, 15) is 4.79 Å². The van der Waals surface area contributed by atoms with Crippen molar-refractivity contribution in [3.63, 3.8) is 0 Å². The Hall–Kier alpha value is -0.570. The molecule has 5 unspecified atom stereocenters.